The second-order valence-electron chi connectivity index (χ2n) is 5.48. The average molecular weight is 236 g/mol. The summed E-state index contributed by atoms with van der Waals surface area (Å²) in [5.41, 5.74) is 3.60. The van der Waals surface area contributed by atoms with E-state index >= 15 is 0 Å². The average Bonchev–Trinajstić information content (AvgIpc) is 2.23. The molecule has 0 aliphatic heterocycles. The monoisotopic (exact) mass is 236 g/mol. The molecule has 0 aromatic carbocycles. The van der Waals surface area contributed by atoms with Crippen molar-refractivity contribution in [2.24, 2.45) is 5.41 Å². The highest BCUT2D eigenvalue weighted by Gasteiger charge is 2.27. The molecule has 0 aromatic heterocycles. The topological polar surface area (TPSA) is 26.3 Å². The van der Waals surface area contributed by atoms with Gasteiger partial charge in [-0.15, -0.1) is 0 Å². The van der Waals surface area contributed by atoms with Crippen LogP contribution in [0.15, 0.2) is 22.8 Å². The Labute approximate surface area is 105 Å². The third kappa shape index (κ3) is 3.45. The highest BCUT2D eigenvalue weighted by atomic mass is 16.5. The van der Waals surface area contributed by atoms with Crippen molar-refractivity contribution in [1.82, 2.24) is 0 Å². The molecule has 0 atom stereocenters. The van der Waals surface area contributed by atoms with Crippen molar-refractivity contribution < 1.29 is 9.53 Å². The van der Waals surface area contributed by atoms with Gasteiger partial charge in [0.05, 0.1) is 6.61 Å². The Balaban J connectivity index is 2.98. The van der Waals surface area contributed by atoms with Crippen molar-refractivity contribution >= 4 is 5.97 Å². The van der Waals surface area contributed by atoms with E-state index in [2.05, 4.69) is 20.8 Å². The predicted molar refractivity (Wildman–Crippen MR) is 70.7 cm³/mol. The number of carbonyl (C=O) groups is 1. The van der Waals surface area contributed by atoms with Gasteiger partial charge < -0.3 is 4.74 Å². The first-order chi connectivity index (χ1) is 7.88. The van der Waals surface area contributed by atoms with Gasteiger partial charge in [0.2, 0.25) is 0 Å². The highest BCUT2D eigenvalue weighted by molar-refractivity contribution is 5.88. The van der Waals surface area contributed by atoms with Crippen molar-refractivity contribution in [1.29, 1.82) is 0 Å². The molecule has 0 fully saturated rings. The molecule has 0 saturated heterocycles. The fourth-order valence-corrected chi connectivity index (χ4v) is 2.48. The lowest BCUT2D eigenvalue weighted by molar-refractivity contribution is -0.138. The van der Waals surface area contributed by atoms with Gasteiger partial charge in [0.15, 0.2) is 0 Å². The minimum atomic E-state index is -0.200. The summed E-state index contributed by atoms with van der Waals surface area (Å²) in [7, 11) is 0. The smallest absolute Gasteiger partial charge is 0.333 e. The lowest BCUT2D eigenvalue weighted by Crippen LogP contribution is -2.20. The van der Waals surface area contributed by atoms with Crippen molar-refractivity contribution in [3.8, 4) is 0 Å². The highest BCUT2D eigenvalue weighted by Crippen LogP contribution is 2.41. The maximum atomic E-state index is 11.6. The number of hydrogen-bond donors (Lipinski definition) is 0. The molecule has 0 spiro atoms. The molecule has 0 unspecified atom stereocenters. The van der Waals surface area contributed by atoms with Crippen molar-refractivity contribution in [2.75, 3.05) is 6.61 Å². The zero-order chi connectivity index (χ0) is 13.1. The van der Waals surface area contributed by atoms with Crippen LogP contribution in [0.3, 0.4) is 0 Å². The van der Waals surface area contributed by atoms with E-state index in [9.17, 15) is 4.79 Å². The number of esters is 1. The van der Waals surface area contributed by atoms with Gasteiger partial charge >= 0.3 is 5.97 Å². The quantitative estimate of drug-likeness (QED) is 0.546. The Kier molecular flexibility index (Phi) is 4.55. The maximum Gasteiger partial charge on any atom is 0.333 e. The van der Waals surface area contributed by atoms with Gasteiger partial charge in [-0.05, 0) is 57.1 Å². The van der Waals surface area contributed by atoms with Crippen LogP contribution in [-0.4, -0.2) is 12.6 Å². The molecular formula is C15H24O2. The predicted octanol–water partition coefficient (Wildman–Crippen LogP) is 4.02. The molecule has 2 nitrogen and oxygen atoms in total. The first-order valence-corrected chi connectivity index (χ1v) is 6.44. The molecular weight excluding hydrogens is 212 g/mol. The molecule has 17 heavy (non-hydrogen) atoms. The summed E-state index contributed by atoms with van der Waals surface area (Å²) in [4.78, 5) is 11.6. The van der Waals surface area contributed by atoms with E-state index < -0.39 is 0 Å². The van der Waals surface area contributed by atoms with Crippen LogP contribution in [0.5, 0.6) is 0 Å². The number of hydrogen-bond acceptors (Lipinski definition) is 2. The summed E-state index contributed by atoms with van der Waals surface area (Å²) >= 11 is 0. The van der Waals surface area contributed by atoms with Crippen LogP contribution in [0.1, 0.15) is 53.9 Å². The molecule has 0 saturated carbocycles. The van der Waals surface area contributed by atoms with Gasteiger partial charge in [0.1, 0.15) is 0 Å². The zero-order valence-corrected chi connectivity index (χ0v) is 11.7. The first kappa shape index (κ1) is 14.0. The summed E-state index contributed by atoms with van der Waals surface area (Å²) < 4.78 is 5.02. The van der Waals surface area contributed by atoms with Gasteiger partial charge in [-0.3, -0.25) is 0 Å². The molecule has 96 valence electrons. The van der Waals surface area contributed by atoms with E-state index in [0.29, 0.717) is 12.2 Å². The Morgan fingerprint density at radius 1 is 1.47 bits per heavy atom. The fraction of sp³-hybridized carbons (Fsp3) is 0.667. The van der Waals surface area contributed by atoms with Gasteiger partial charge in [0.25, 0.3) is 0 Å². The Hall–Kier alpha value is -1.05. The van der Waals surface area contributed by atoms with Crippen molar-refractivity contribution in [3.63, 3.8) is 0 Å². The van der Waals surface area contributed by atoms with Crippen LogP contribution in [0.25, 0.3) is 0 Å². The second-order valence-corrected chi connectivity index (χ2v) is 5.48. The first-order valence-electron chi connectivity index (χ1n) is 6.44. The summed E-state index contributed by atoms with van der Waals surface area (Å²) in [5.74, 6) is -0.200. The molecule has 0 bridgehead atoms. The molecule has 1 aliphatic carbocycles. The lowest BCUT2D eigenvalue weighted by atomic mass is 9.72. The van der Waals surface area contributed by atoms with Crippen molar-refractivity contribution in [3.05, 3.63) is 22.8 Å². The molecule has 0 radical (unpaired) electrons. The Morgan fingerprint density at radius 3 is 2.65 bits per heavy atom. The summed E-state index contributed by atoms with van der Waals surface area (Å²) in [5, 5.41) is 0. The normalized spacial score (nSPS) is 20.4. The molecule has 0 aromatic rings. The lowest BCUT2D eigenvalue weighted by Gasteiger charge is -2.33. The molecule has 2 heteroatoms. The molecule has 0 amide bonds. The van der Waals surface area contributed by atoms with E-state index in [4.69, 9.17) is 4.74 Å². The van der Waals surface area contributed by atoms with E-state index in [1.807, 2.05) is 19.9 Å². The van der Waals surface area contributed by atoms with Gasteiger partial charge in [-0.1, -0.05) is 19.4 Å². The van der Waals surface area contributed by atoms with Gasteiger partial charge in [-0.2, -0.15) is 0 Å². The third-order valence-electron chi connectivity index (χ3n) is 3.50. The van der Waals surface area contributed by atoms with Crippen LogP contribution in [0, 0.1) is 5.41 Å². The zero-order valence-electron chi connectivity index (χ0n) is 11.7. The summed E-state index contributed by atoms with van der Waals surface area (Å²) in [6.07, 6.45) is 5.60. The van der Waals surface area contributed by atoms with Crippen LogP contribution in [0.2, 0.25) is 0 Å². The van der Waals surface area contributed by atoms with Gasteiger partial charge in [-0.25, -0.2) is 4.79 Å². The second kappa shape index (κ2) is 5.52. The van der Waals surface area contributed by atoms with E-state index in [0.717, 1.165) is 6.42 Å². The summed E-state index contributed by atoms with van der Waals surface area (Å²) in [6, 6.07) is 0. The van der Waals surface area contributed by atoms with E-state index in [-0.39, 0.29) is 11.4 Å². The number of carbonyl (C=O) groups excluding carboxylic acids is 1. The minimum absolute atomic E-state index is 0.177. The number of allylic oxidation sites excluding steroid dienone is 3. The van der Waals surface area contributed by atoms with Gasteiger partial charge in [0, 0.05) is 5.57 Å². The Bertz CT molecular complexity index is 359. The van der Waals surface area contributed by atoms with Crippen LogP contribution >= 0.6 is 0 Å². The Morgan fingerprint density at radius 2 is 2.12 bits per heavy atom. The van der Waals surface area contributed by atoms with E-state index in [1.165, 1.54) is 24.0 Å². The minimum Gasteiger partial charge on any atom is -0.463 e. The maximum absolute atomic E-state index is 11.6. The SMILES string of the molecule is CCOC(=O)/C(C)=C/C1=C(C)CCCC1(C)C. The van der Waals surface area contributed by atoms with Crippen molar-refractivity contribution in [2.45, 2.75) is 53.9 Å². The third-order valence-corrected chi connectivity index (χ3v) is 3.50. The van der Waals surface area contributed by atoms with Crippen LogP contribution in [0.4, 0.5) is 0 Å². The molecule has 1 aliphatic rings. The van der Waals surface area contributed by atoms with Crippen LogP contribution in [-0.2, 0) is 9.53 Å². The number of rotatable bonds is 3. The largest absolute Gasteiger partial charge is 0.463 e. The fourth-order valence-electron chi connectivity index (χ4n) is 2.48. The molecule has 1 rings (SSSR count). The number of ether oxygens (including phenoxy) is 1. The summed E-state index contributed by atoms with van der Waals surface area (Å²) in [6.45, 7) is 10.8. The standard InChI is InChI=1S/C15H24O2/c1-6-17-14(16)12(3)10-13-11(2)8-7-9-15(13,4)5/h10H,6-9H2,1-5H3/b12-10+. The van der Waals surface area contributed by atoms with E-state index in [1.54, 1.807) is 0 Å². The molecule has 0 heterocycles. The van der Waals surface area contributed by atoms with Crippen LogP contribution < -0.4 is 0 Å². The molecule has 0 N–H and O–H groups in total.